The van der Waals surface area contributed by atoms with Gasteiger partial charge in [0, 0.05) is 18.3 Å². The summed E-state index contributed by atoms with van der Waals surface area (Å²) in [5.41, 5.74) is 1.87. The number of aromatic hydroxyl groups is 1. The topological polar surface area (TPSA) is 76.8 Å². The number of fused-ring (bicyclic) bond motifs is 1. The number of aromatic nitrogens is 2. The Morgan fingerprint density at radius 2 is 2.00 bits per heavy atom. The highest BCUT2D eigenvalue weighted by Crippen LogP contribution is 2.24. The highest BCUT2D eigenvalue weighted by molar-refractivity contribution is 5.85. The first-order valence-corrected chi connectivity index (χ1v) is 8.88. The van der Waals surface area contributed by atoms with Gasteiger partial charge >= 0.3 is 0 Å². The molecule has 7 nitrogen and oxygen atoms in total. The summed E-state index contributed by atoms with van der Waals surface area (Å²) in [6.45, 7) is 4.19. The highest BCUT2D eigenvalue weighted by Gasteiger charge is 2.18. The lowest BCUT2D eigenvalue weighted by Gasteiger charge is -2.26. The Morgan fingerprint density at radius 1 is 1.19 bits per heavy atom. The number of rotatable bonds is 5. The maximum Gasteiger partial charge on any atom is 0.248 e. The molecule has 4 rings (SSSR count). The maximum absolute atomic E-state index is 11.7. The van der Waals surface area contributed by atoms with Crippen LogP contribution in [0.1, 0.15) is 5.69 Å². The Labute approximate surface area is 156 Å². The van der Waals surface area contributed by atoms with E-state index in [9.17, 15) is 9.90 Å². The number of ether oxygens (including phenoxy) is 2. The number of phenols is 1. The Morgan fingerprint density at radius 3 is 2.85 bits per heavy atom. The van der Waals surface area contributed by atoms with Crippen molar-refractivity contribution in [2.24, 2.45) is 0 Å². The van der Waals surface area contributed by atoms with E-state index in [1.54, 1.807) is 17.0 Å². The lowest BCUT2D eigenvalue weighted by molar-refractivity contribution is -0.143. The maximum atomic E-state index is 11.7. The fourth-order valence-electron chi connectivity index (χ4n) is 3.18. The van der Waals surface area contributed by atoms with E-state index in [0.717, 1.165) is 22.2 Å². The van der Waals surface area contributed by atoms with Gasteiger partial charge in [0.1, 0.15) is 19.0 Å². The normalized spacial score (nSPS) is 14.7. The van der Waals surface area contributed by atoms with Gasteiger partial charge in [-0.25, -0.2) is 4.68 Å². The van der Waals surface area contributed by atoms with Gasteiger partial charge in [0.25, 0.3) is 0 Å². The van der Waals surface area contributed by atoms with Crippen molar-refractivity contribution in [1.82, 2.24) is 14.7 Å². The molecule has 1 N–H and O–H groups in total. The van der Waals surface area contributed by atoms with Gasteiger partial charge in [-0.15, -0.1) is 5.10 Å². The van der Waals surface area contributed by atoms with Crippen LogP contribution in [0, 0.1) is 6.92 Å². The number of nitrogens with zero attached hydrogens (tertiary/aromatic N) is 3. The van der Waals surface area contributed by atoms with Crippen LogP contribution in [0.25, 0.3) is 16.5 Å². The average Bonchev–Trinajstić information content (AvgIpc) is 3.03. The molecule has 0 aliphatic carbocycles. The van der Waals surface area contributed by atoms with E-state index in [4.69, 9.17) is 9.47 Å². The van der Waals surface area contributed by atoms with Crippen LogP contribution in [0.5, 0.6) is 11.6 Å². The number of morpholine rings is 1. The van der Waals surface area contributed by atoms with E-state index < -0.39 is 0 Å². The Bertz CT molecular complexity index is 983. The molecule has 2 heterocycles. The summed E-state index contributed by atoms with van der Waals surface area (Å²) in [5, 5.41) is 16.1. The zero-order valence-corrected chi connectivity index (χ0v) is 15.1. The summed E-state index contributed by atoms with van der Waals surface area (Å²) in [4.78, 5) is 13.5. The van der Waals surface area contributed by atoms with E-state index in [0.29, 0.717) is 32.2 Å². The van der Waals surface area contributed by atoms with Crippen LogP contribution in [0.4, 0.5) is 0 Å². The standard InChI is InChI=1S/C20H21N3O4/c1-14-10-19(27-9-7-22-6-8-26-13-20(22)25)21-23(14)17-4-2-16-12-18(24)5-3-15(16)11-17/h2-5,10-12,24H,6-9,13H2,1H3. The van der Waals surface area contributed by atoms with Crippen molar-refractivity contribution in [3.8, 4) is 17.3 Å². The van der Waals surface area contributed by atoms with Crippen molar-refractivity contribution >= 4 is 16.7 Å². The number of amides is 1. The van der Waals surface area contributed by atoms with Crippen LogP contribution < -0.4 is 4.74 Å². The van der Waals surface area contributed by atoms with Crippen LogP contribution in [0.2, 0.25) is 0 Å². The van der Waals surface area contributed by atoms with Crippen LogP contribution in [0.3, 0.4) is 0 Å². The SMILES string of the molecule is Cc1cc(OCCN2CCOCC2=O)nn1-c1ccc2cc(O)ccc2c1. The third-order valence-electron chi connectivity index (χ3n) is 4.61. The lowest BCUT2D eigenvalue weighted by atomic mass is 10.1. The van der Waals surface area contributed by atoms with E-state index in [2.05, 4.69) is 5.10 Å². The first-order chi connectivity index (χ1) is 13.1. The number of hydrogen-bond acceptors (Lipinski definition) is 5. The number of aryl methyl sites for hydroxylation is 1. The minimum absolute atomic E-state index is 0.00578. The number of hydrogen-bond donors (Lipinski definition) is 1. The summed E-state index contributed by atoms with van der Waals surface area (Å²) in [6, 6.07) is 13.1. The Hall–Kier alpha value is -3.06. The zero-order valence-electron chi connectivity index (χ0n) is 15.1. The van der Waals surface area contributed by atoms with Gasteiger partial charge in [0.2, 0.25) is 11.8 Å². The number of carbonyl (C=O) groups excluding carboxylic acids is 1. The predicted molar refractivity (Wildman–Crippen MR) is 100 cm³/mol. The monoisotopic (exact) mass is 367 g/mol. The first-order valence-electron chi connectivity index (χ1n) is 8.88. The molecule has 0 radical (unpaired) electrons. The van der Waals surface area contributed by atoms with Crippen LogP contribution in [0.15, 0.2) is 42.5 Å². The molecule has 0 atom stereocenters. The molecule has 1 aliphatic heterocycles. The van der Waals surface area contributed by atoms with Crippen molar-refractivity contribution in [1.29, 1.82) is 0 Å². The highest BCUT2D eigenvalue weighted by atomic mass is 16.5. The minimum Gasteiger partial charge on any atom is -0.508 e. The number of carbonyl (C=O) groups is 1. The van der Waals surface area contributed by atoms with Crippen molar-refractivity contribution in [3.63, 3.8) is 0 Å². The molecular weight excluding hydrogens is 346 g/mol. The second-order valence-corrected chi connectivity index (χ2v) is 6.53. The van der Waals surface area contributed by atoms with E-state index in [-0.39, 0.29) is 18.3 Å². The molecule has 0 bridgehead atoms. The summed E-state index contributed by atoms with van der Waals surface area (Å²) < 4.78 is 12.7. The van der Waals surface area contributed by atoms with E-state index >= 15 is 0 Å². The molecule has 3 aromatic rings. The number of benzene rings is 2. The molecule has 0 unspecified atom stereocenters. The van der Waals surface area contributed by atoms with Gasteiger partial charge < -0.3 is 19.5 Å². The largest absolute Gasteiger partial charge is 0.508 e. The lowest BCUT2D eigenvalue weighted by Crippen LogP contribution is -2.43. The summed E-state index contributed by atoms with van der Waals surface area (Å²) in [7, 11) is 0. The molecule has 1 aliphatic rings. The summed E-state index contributed by atoms with van der Waals surface area (Å²) >= 11 is 0. The van der Waals surface area contributed by atoms with Crippen LogP contribution >= 0.6 is 0 Å². The van der Waals surface area contributed by atoms with Gasteiger partial charge in [-0.3, -0.25) is 4.79 Å². The molecule has 2 aromatic carbocycles. The quantitative estimate of drug-likeness (QED) is 0.749. The van der Waals surface area contributed by atoms with Crippen molar-refractivity contribution < 1.29 is 19.4 Å². The average molecular weight is 367 g/mol. The molecule has 1 aromatic heterocycles. The zero-order chi connectivity index (χ0) is 18.8. The van der Waals surface area contributed by atoms with Gasteiger partial charge in [-0.1, -0.05) is 12.1 Å². The van der Waals surface area contributed by atoms with E-state index in [1.807, 2.05) is 41.9 Å². The Kier molecular flexibility index (Phi) is 4.68. The summed E-state index contributed by atoms with van der Waals surface area (Å²) in [6.07, 6.45) is 0. The molecule has 7 heteroatoms. The fraction of sp³-hybridized carbons (Fsp3) is 0.300. The Balaban J connectivity index is 1.46. The third kappa shape index (κ3) is 3.73. The smallest absolute Gasteiger partial charge is 0.248 e. The van der Waals surface area contributed by atoms with Gasteiger partial charge in [-0.05, 0) is 42.0 Å². The van der Waals surface area contributed by atoms with Gasteiger partial charge in [-0.2, -0.15) is 0 Å². The van der Waals surface area contributed by atoms with Crippen LogP contribution in [-0.4, -0.2) is 58.6 Å². The predicted octanol–water partition coefficient (Wildman–Crippen LogP) is 2.28. The third-order valence-corrected chi connectivity index (χ3v) is 4.61. The first kappa shape index (κ1) is 17.4. The second kappa shape index (κ2) is 7.28. The molecule has 1 amide bonds. The summed E-state index contributed by atoms with van der Waals surface area (Å²) in [5.74, 6) is 0.771. The number of phenolic OH excluding ortho intramolecular Hbond substituents is 1. The van der Waals surface area contributed by atoms with Crippen molar-refractivity contribution in [2.45, 2.75) is 6.92 Å². The molecule has 140 valence electrons. The minimum atomic E-state index is -0.00578. The van der Waals surface area contributed by atoms with Crippen molar-refractivity contribution in [3.05, 3.63) is 48.2 Å². The molecular formula is C20H21N3O4. The van der Waals surface area contributed by atoms with Gasteiger partial charge in [0.05, 0.1) is 18.8 Å². The van der Waals surface area contributed by atoms with Gasteiger partial charge in [0.15, 0.2) is 0 Å². The molecule has 0 spiro atoms. The molecule has 1 fully saturated rings. The molecule has 27 heavy (non-hydrogen) atoms. The van der Waals surface area contributed by atoms with E-state index in [1.165, 1.54) is 0 Å². The fourth-order valence-corrected chi connectivity index (χ4v) is 3.18. The molecule has 1 saturated heterocycles. The molecule has 0 saturated carbocycles. The van der Waals surface area contributed by atoms with Crippen molar-refractivity contribution in [2.75, 3.05) is 32.9 Å². The van der Waals surface area contributed by atoms with Crippen LogP contribution in [-0.2, 0) is 9.53 Å². The second-order valence-electron chi connectivity index (χ2n) is 6.53.